The minimum absolute atomic E-state index is 0.0264. The standard InChI is InChI=1S/C27H27FN2O2/c1-29-14-16-30(17-15-29)22-9-11-24(20-6-4-3-5-7-20)21(18-22)8-13-27(31)25-12-10-23(32-2)19-26(25)28/h3-13,18-19H,14-17H2,1-2H3. The normalized spacial score (nSPS) is 14.7. The number of nitrogens with zero attached hydrogens (tertiary/aromatic N) is 2. The number of hydrogen-bond acceptors (Lipinski definition) is 4. The molecule has 5 heteroatoms. The first kappa shape index (κ1) is 21.8. The van der Waals surface area contributed by atoms with Crippen LogP contribution in [0.2, 0.25) is 0 Å². The Morgan fingerprint density at radius 2 is 1.72 bits per heavy atom. The van der Waals surface area contributed by atoms with E-state index in [-0.39, 0.29) is 11.3 Å². The summed E-state index contributed by atoms with van der Waals surface area (Å²) in [6.07, 6.45) is 3.23. The molecule has 164 valence electrons. The van der Waals surface area contributed by atoms with E-state index in [9.17, 15) is 9.18 Å². The summed E-state index contributed by atoms with van der Waals surface area (Å²) in [6.45, 7) is 3.95. The van der Waals surface area contributed by atoms with Crippen LogP contribution in [0.15, 0.2) is 72.8 Å². The number of ketones is 1. The van der Waals surface area contributed by atoms with Gasteiger partial charge in [0.25, 0.3) is 0 Å². The maximum Gasteiger partial charge on any atom is 0.188 e. The fraction of sp³-hybridized carbons (Fsp3) is 0.222. The molecule has 0 atom stereocenters. The van der Waals surface area contributed by atoms with Crippen LogP contribution >= 0.6 is 0 Å². The fourth-order valence-electron chi connectivity index (χ4n) is 3.91. The Labute approximate surface area is 188 Å². The van der Waals surface area contributed by atoms with Gasteiger partial charge in [-0.25, -0.2) is 4.39 Å². The zero-order chi connectivity index (χ0) is 22.5. The number of carbonyl (C=O) groups is 1. The van der Waals surface area contributed by atoms with Crippen LogP contribution in [-0.4, -0.2) is 51.0 Å². The molecule has 1 fully saturated rings. The molecule has 1 saturated heterocycles. The second-order valence-electron chi connectivity index (χ2n) is 7.97. The minimum atomic E-state index is -0.589. The zero-order valence-corrected chi connectivity index (χ0v) is 18.4. The lowest BCUT2D eigenvalue weighted by Crippen LogP contribution is -2.44. The van der Waals surface area contributed by atoms with Crippen molar-refractivity contribution in [2.24, 2.45) is 0 Å². The average molecular weight is 431 g/mol. The molecule has 0 unspecified atom stereocenters. The highest BCUT2D eigenvalue weighted by Gasteiger charge is 2.16. The van der Waals surface area contributed by atoms with Gasteiger partial charge < -0.3 is 14.5 Å². The summed E-state index contributed by atoms with van der Waals surface area (Å²) in [5, 5.41) is 0. The number of hydrogen-bond donors (Lipinski definition) is 0. The molecule has 0 bridgehead atoms. The van der Waals surface area contributed by atoms with E-state index in [1.165, 1.54) is 25.3 Å². The molecule has 1 aliphatic heterocycles. The predicted molar refractivity (Wildman–Crippen MR) is 128 cm³/mol. The number of likely N-dealkylation sites (N-methyl/N-ethyl adjacent to an activating group) is 1. The Hall–Kier alpha value is -3.44. The molecular weight excluding hydrogens is 403 g/mol. The summed E-state index contributed by atoms with van der Waals surface area (Å²) in [5.74, 6) is -0.586. The smallest absolute Gasteiger partial charge is 0.188 e. The van der Waals surface area contributed by atoms with Gasteiger partial charge in [-0.05, 0) is 54.1 Å². The fourth-order valence-corrected chi connectivity index (χ4v) is 3.91. The van der Waals surface area contributed by atoms with E-state index < -0.39 is 5.82 Å². The zero-order valence-electron chi connectivity index (χ0n) is 18.4. The Kier molecular flexibility index (Phi) is 6.66. The van der Waals surface area contributed by atoms with Crippen LogP contribution in [0.25, 0.3) is 17.2 Å². The van der Waals surface area contributed by atoms with Crippen molar-refractivity contribution in [2.75, 3.05) is 45.2 Å². The number of allylic oxidation sites excluding steroid dienone is 1. The second-order valence-corrected chi connectivity index (χ2v) is 7.97. The summed E-state index contributed by atoms with van der Waals surface area (Å²) in [6, 6.07) is 20.7. The summed E-state index contributed by atoms with van der Waals surface area (Å²) < 4.78 is 19.4. The summed E-state index contributed by atoms with van der Waals surface area (Å²) in [5.41, 5.74) is 4.18. The van der Waals surface area contributed by atoms with Gasteiger partial charge in [0, 0.05) is 37.9 Å². The molecule has 0 aromatic heterocycles. The number of methoxy groups -OCH3 is 1. The SMILES string of the molecule is COc1ccc(C(=O)C=Cc2cc(N3CCN(C)CC3)ccc2-c2ccccc2)c(F)c1. The van der Waals surface area contributed by atoms with Gasteiger partial charge in [0.15, 0.2) is 5.78 Å². The van der Waals surface area contributed by atoms with E-state index >= 15 is 0 Å². The number of halogens is 1. The first-order valence-corrected chi connectivity index (χ1v) is 10.7. The molecule has 1 aliphatic rings. The van der Waals surface area contributed by atoms with Gasteiger partial charge in [0.1, 0.15) is 11.6 Å². The van der Waals surface area contributed by atoms with E-state index in [1.54, 1.807) is 12.1 Å². The van der Waals surface area contributed by atoms with Crippen LogP contribution < -0.4 is 9.64 Å². The van der Waals surface area contributed by atoms with Gasteiger partial charge in [-0.2, -0.15) is 0 Å². The van der Waals surface area contributed by atoms with Crippen molar-refractivity contribution in [3.63, 3.8) is 0 Å². The van der Waals surface area contributed by atoms with Crippen molar-refractivity contribution >= 4 is 17.5 Å². The molecule has 0 N–H and O–H groups in total. The number of ether oxygens (including phenoxy) is 1. The first-order chi connectivity index (χ1) is 15.5. The third-order valence-electron chi connectivity index (χ3n) is 5.84. The quantitative estimate of drug-likeness (QED) is 0.400. The van der Waals surface area contributed by atoms with Crippen LogP contribution in [0.1, 0.15) is 15.9 Å². The third kappa shape index (κ3) is 4.89. The number of carbonyl (C=O) groups excluding carboxylic acids is 1. The van der Waals surface area contributed by atoms with Gasteiger partial charge in [0.2, 0.25) is 0 Å². The summed E-state index contributed by atoms with van der Waals surface area (Å²) >= 11 is 0. The highest BCUT2D eigenvalue weighted by atomic mass is 19.1. The number of rotatable bonds is 6. The van der Waals surface area contributed by atoms with Crippen molar-refractivity contribution in [1.29, 1.82) is 0 Å². The summed E-state index contributed by atoms with van der Waals surface area (Å²) in [4.78, 5) is 17.4. The monoisotopic (exact) mass is 430 g/mol. The van der Waals surface area contributed by atoms with Crippen LogP contribution in [0, 0.1) is 5.82 Å². The van der Waals surface area contributed by atoms with E-state index in [0.717, 1.165) is 48.6 Å². The Balaban J connectivity index is 1.67. The van der Waals surface area contributed by atoms with E-state index in [4.69, 9.17) is 4.74 Å². The van der Waals surface area contributed by atoms with Crippen LogP contribution in [0.4, 0.5) is 10.1 Å². The highest BCUT2D eigenvalue weighted by Crippen LogP contribution is 2.30. The van der Waals surface area contributed by atoms with Crippen molar-refractivity contribution < 1.29 is 13.9 Å². The predicted octanol–water partition coefficient (Wildman–Crippen LogP) is 5.15. The average Bonchev–Trinajstić information content (AvgIpc) is 2.83. The molecule has 0 radical (unpaired) electrons. The van der Waals surface area contributed by atoms with E-state index in [1.807, 2.05) is 30.3 Å². The largest absolute Gasteiger partial charge is 0.497 e. The summed E-state index contributed by atoms with van der Waals surface area (Å²) in [7, 11) is 3.60. The van der Waals surface area contributed by atoms with E-state index in [2.05, 4.69) is 35.0 Å². The maximum atomic E-state index is 14.4. The molecule has 1 heterocycles. The van der Waals surface area contributed by atoms with Crippen LogP contribution in [0.5, 0.6) is 5.75 Å². The van der Waals surface area contributed by atoms with Gasteiger partial charge in [-0.15, -0.1) is 0 Å². The topological polar surface area (TPSA) is 32.8 Å². The Morgan fingerprint density at radius 1 is 0.969 bits per heavy atom. The van der Waals surface area contributed by atoms with Gasteiger partial charge in [0.05, 0.1) is 12.7 Å². The first-order valence-electron chi connectivity index (χ1n) is 10.7. The molecule has 3 aromatic carbocycles. The minimum Gasteiger partial charge on any atom is -0.497 e. The molecular formula is C27H27FN2O2. The Bertz CT molecular complexity index is 1120. The molecule has 0 amide bonds. The number of piperazine rings is 1. The third-order valence-corrected chi connectivity index (χ3v) is 5.84. The molecule has 0 spiro atoms. The molecule has 4 nitrogen and oxygen atoms in total. The molecule has 4 rings (SSSR count). The lowest BCUT2D eigenvalue weighted by atomic mass is 9.97. The van der Waals surface area contributed by atoms with Crippen molar-refractivity contribution in [2.45, 2.75) is 0 Å². The number of anilines is 1. The van der Waals surface area contributed by atoms with E-state index in [0.29, 0.717) is 5.75 Å². The lowest BCUT2D eigenvalue weighted by molar-refractivity contribution is 0.104. The number of benzene rings is 3. The maximum absolute atomic E-state index is 14.4. The highest BCUT2D eigenvalue weighted by molar-refractivity contribution is 6.07. The molecule has 0 saturated carbocycles. The van der Waals surface area contributed by atoms with Gasteiger partial charge >= 0.3 is 0 Å². The molecule has 32 heavy (non-hydrogen) atoms. The molecule has 0 aliphatic carbocycles. The van der Waals surface area contributed by atoms with Crippen LogP contribution in [0.3, 0.4) is 0 Å². The lowest BCUT2D eigenvalue weighted by Gasteiger charge is -2.34. The van der Waals surface area contributed by atoms with Crippen molar-refractivity contribution in [3.05, 3.63) is 89.8 Å². The Morgan fingerprint density at radius 3 is 2.41 bits per heavy atom. The van der Waals surface area contributed by atoms with Crippen LogP contribution in [-0.2, 0) is 0 Å². The van der Waals surface area contributed by atoms with Crippen molar-refractivity contribution in [3.8, 4) is 16.9 Å². The second kappa shape index (κ2) is 9.79. The molecule has 3 aromatic rings. The van der Waals surface area contributed by atoms with Crippen molar-refractivity contribution in [1.82, 2.24) is 4.90 Å². The van der Waals surface area contributed by atoms with Gasteiger partial charge in [-0.3, -0.25) is 4.79 Å². The van der Waals surface area contributed by atoms with Gasteiger partial charge in [-0.1, -0.05) is 42.5 Å².